The molecule has 10 N–H and O–H groups in total. The standard InChI is InChI=1S/C28H49NO17/c1-5-6-7-41-25-20(37)19(36)23(16(10-31)43-25)44-26-21(38)24(18(35)15(9-30)42-26)46-28(27(39)40)8-14(34)11(2)22(45-28)17(12(3)32)29-13(4)33/h11-12,14-26,30-32,34-38H,5-10H2,1-4H3,(H,29,33)(H,39,40)/t11-,12-,14-,15?,16?,17-,18+,19-,20?,21?,22?,23-,24+,25-,26+,28+/m1/s1. The van der Waals surface area contributed by atoms with Crippen LogP contribution in [0.4, 0.5) is 0 Å². The number of hydrogen-bond acceptors (Lipinski definition) is 16. The average molecular weight is 672 g/mol. The van der Waals surface area contributed by atoms with Crippen LogP contribution in [0.2, 0.25) is 0 Å². The lowest BCUT2D eigenvalue weighted by atomic mass is 9.83. The Hall–Kier alpha value is -1.62. The summed E-state index contributed by atoms with van der Waals surface area (Å²) in [6, 6.07) is -1.21. The number of unbranched alkanes of at least 4 members (excludes halogenated alkanes) is 1. The zero-order valence-corrected chi connectivity index (χ0v) is 26.2. The number of aliphatic carboxylic acids is 1. The van der Waals surface area contributed by atoms with Crippen LogP contribution in [0.3, 0.4) is 0 Å². The van der Waals surface area contributed by atoms with Crippen LogP contribution in [0.15, 0.2) is 0 Å². The van der Waals surface area contributed by atoms with E-state index in [2.05, 4.69) is 5.32 Å². The van der Waals surface area contributed by atoms with Crippen molar-refractivity contribution in [2.45, 2.75) is 139 Å². The molecule has 3 aliphatic heterocycles. The van der Waals surface area contributed by atoms with Crippen LogP contribution in [0.25, 0.3) is 0 Å². The summed E-state index contributed by atoms with van der Waals surface area (Å²) in [5.74, 6) is -5.97. The molecule has 3 aliphatic rings. The number of rotatable bonds is 14. The molecule has 16 atom stereocenters. The van der Waals surface area contributed by atoms with Gasteiger partial charge in [-0.2, -0.15) is 0 Å². The Labute approximate surface area is 265 Å². The largest absolute Gasteiger partial charge is 0.477 e. The lowest BCUT2D eigenvalue weighted by Crippen LogP contribution is -2.69. The molecule has 0 spiro atoms. The summed E-state index contributed by atoms with van der Waals surface area (Å²) in [5.41, 5.74) is 0. The second kappa shape index (κ2) is 16.7. The molecule has 46 heavy (non-hydrogen) atoms. The number of amides is 1. The molecule has 0 saturated carbocycles. The first-order chi connectivity index (χ1) is 21.6. The first-order valence-electron chi connectivity index (χ1n) is 15.4. The minimum atomic E-state index is -2.77. The number of ether oxygens (including phenoxy) is 6. The average Bonchev–Trinajstić information content (AvgIpc) is 3.00. The molecule has 0 aliphatic carbocycles. The van der Waals surface area contributed by atoms with E-state index in [0.29, 0.717) is 6.42 Å². The van der Waals surface area contributed by atoms with Gasteiger partial charge in [0.05, 0.1) is 37.6 Å². The number of carboxylic acids is 1. The van der Waals surface area contributed by atoms with Gasteiger partial charge >= 0.3 is 5.97 Å². The Morgan fingerprint density at radius 1 is 0.957 bits per heavy atom. The molecule has 0 radical (unpaired) electrons. The molecule has 18 nitrogen and oxygen atoms in total. The van der Waals surface area contributed by atoms with Gasteiger partial charge in [-0.05, 0) is 13.3 Å². The molecule has 0 aromatic carbocycles. The second-order valence-electron chi connectivity index (χ2n) is 12.1. The third-order valence-electron chi connectivity index (χ3n) is 8.54. The number of aliphatic hydroxyl groups excluding tert-OH is 8. The smallest absolute Gasteiger partial charge is 0.364 e. The van der Waals surface area contributed by atoms with Crippen molar-refractivity contribution in [2.24, 2.45) is 5.92 Å². The monoisotopic (exact) mass is 671 g/mol. The van der Waals surface area contributed by atoms with Gasteiger partial charge in [0.15, 0.2) is 12.6 Å². The first kappa shape index (κ1) is 38.8. The summed E-state index contributed by atoms with van der Waals surface area (Å²) < 4.78 is 33.9. The van der Waals surface area contributed by atoms with E-state index < -0.39 is 129 Å². The van der Waals surface area contributed by atoms with E-state index >= 15 is 0 Å². The highest BCUT2D eigenvalue weighted by atomic mass is 16.8. The van der Waals surface area contributed by atoms with Crippen LogP contribution in [0.5, 0.6) is 0 Å². The van der Waals surface area contributed by atoms with Gasteiger partial charge in [-0.1, -0.05) is 20.3 Å². The summed E-state index contributed by atoms with van der Waals surface area (Å²) in [7, 11) is 0. The van der Waals surface area contributed by atoms with Crippen molar-refractivity contribution in [2.75, 3.05) is 19.8 Å². The minimum Gasteiger partial charge on any atom is -0.477 e. The fourth-order valence-electron chi connectivity index (χ4n) is 5.81. The van der Waals surface area contributed by atoms with E-state index in [1.54, 1.807) is 0 Å². The predicted octanol–water partition coefficient (Wildman–Crippen LogP) is -4.10. The van der Waals surface area contributed by atoms with E-state index in [4.69, 9.17) is 28.4 Å². The van der Waals surface area contributed by atoms with Gasteiger partial charge in [-0.3, -0.25) is 4.79 Å². The molecule has 1 amide bonds. The highest BCUT2D eigenvalue weighted by molar-refractivity contribution is 5.76. The number of hydrogen-bond donors (Lipinski definition) is 10. The Bertz CT molecular complexity index is 988. The van der Waals surface area contributed by atoms with Crippen LogP contribution in [-0.4, -0.2) is 169 Å². The third kappa shape index (κ3) is 8.50. The normalized spacial score (nSPS) is 43.1. The van der Waals surface area contributed by atoms with Gasteiger partial charge in [0.2, 0.25) is 5.91 Å². The number of aliphatic hydroxyl groups is 8. The van der Waals surface area contributed by atoms with E-state index in [9.17, 15) is 55.5 Å². The maximum atomic E-state index is 12.7. The molecular formula is C28H49NO17. The first-order valence-corrected chi connectivity index (χ1v) is 15.4. The number of nitrogens with one attached hydrogen (secondary N) is 1. The van der Waals surface area contributed by atoms with Crippen LogP contribution in [0.1, 0.15) is 47.0 Å². The van der Waals surface area contributed by atoms with Crippen LogP contribution in [0, 0.1) is 5.92 Å². The summed E-state index contributed by atoms with van der Waals surface area (Å²) in [5, 5.41) is 97.6. The van der Waals surface area contributed by atoms with Gasteiger partial charge in [0.25, 0.3) is 5.79 Å². The Kier molecular flexibility index (Phi) is 14.1. The zero-order chi connectivity index (χ0) is 34.5. The number of carbonyl (C=O) groups is 2. The van der Waals surface area contributed by atoms with Crippen molar-refractivity contribution < 1.29 is 84.0 Å². The molecule has 5 unspecified atom stereocenters. The molecule has 0 aromatic heterocycles. The summed E-state index contributed by atoms with van der Waals surface area (Å²) in [6.07, 6.45) is -20.3. The van der Waals surface area contributed by atoms with E-state index in [-0.39, 0.29) is 6.61 Å². The summed E-state index contributed by atoms with van der Waals surface area (Å²) in [4.78, 5) is 24.6. The lowest BCUT2D eigenvalue weighted by molar-refractivity contribution is -0.386. The van der Waals surface area contributed by atoms with Crippen LogP contribution in [-0.2, 0) is 38.0 Å². The van der Waals surface area contributed by atoms with Crippen molar-refractivity contribution in [3.8, 4) is 0 Å². The third-order valence-corrected chi connectivity index (χ3v) is 8.54. The van der Waals surface area contributed by atoms with E-state index in [0.717, 1.165) is 6.42 Å². The highest BCUT2D eigenvalue weighted by Crippen LogP contribution is 2.40. The predicted molar refractivity (Wildman–Crippen MR) is 150 cm³/mol. The summed E-state index contributed by atoms with van der Waals surface area (Å²) >= 11 is 0. The zero-order valence-electron chi connectivity index (χ0n) is 26.2. The molecule has 3 fully saturated rings. The maximum Gasteiger partial charge on any atom is 0.364 e. The molecule has 3 rings (SSSR count). The number of carboxylic acid groups (broad SMARTS) is 1. The van der Waals surface area contributed by atoms with Crippen LogP contribution < -0.4 is 5.32 Å². The summed E-state index contributed by atoms with van der Waals surface area (Å²) in [6.45, 7) is 4.48. The number of carbonyl (C=O) groups excluding carboxylic acids is 1. The fraction of sp³-hybridized carbons (Fsp3) is 0.929. The van der Waals surface area contributed by atoms with E-state index in [1.807, 2.05) is 6.92 Å². The quantitative estimate of drug-likeness (QED) is 0.0786. The van der Waals surface area contributed by atoms with Crippen molar-refractivity contribution >= 4 is 11.9 Å². The SMILES string of the molecule is CCCCO[C@@H]1OC(CO)[C@@H](O[C@@H]2OC(CO)[C@H](O)[C@H](O[C@]3(C(=O)O)C[C@@H](O)[C@@H](C)C([C@H](NC(C)=O)[C@@H](C)O)O3)C2O)[C@H](O)C1O. The molecule has 268 valence electrons. The molecule has 0 bridgehead atoms. The fourth-order valence-corrected chi connectivity index (χ4v) is 5.81. The van der Waals surface area contributed by atoms with Gasteiger partial charge in [0.1, 0.15) is 48.8 Å². The molecule has 18 heteroatoms. The van der Waals surface area contributed by atoms with Crippen LogP contribution >= 0.6 is 0 Å². The van der Waals surface area contributed by atoms with Gasteiger partial charge < -0.3 is 79.7 Å². The molecule has 0 aromatic rings. The van der Waals surface area contributed by atoms with E-state index in [1.165, 1.54) is 20.8 Å². The molecule has 3 heterocycles. The maximum absolute atomic E-state index is 12.7. The van der Waals surface area contributed by atoms with Gasteiger partial charge in [-0.15, -0.1) is 0 Å². The minimum absolute atomic E-state index is 0.193. The Morgan fingerprint density at radius 3 is 2.13 bits per heavy atom. The lowest BCUT2D eigenvalue weighted by Gasteiger charge is -2.50. The van der Waals surface area contributed by atoms with Crippen molar-refractivity contribution in [1.29, 1.82) is 0 Å². The van der Waals surface area contributed by atoms with Crippen molar-refractivity contribution in [3.05, 3.63) is 0 Å². The second-order valence-corrected chi connectivity index (χ2v) is 12.1. The van der Waals surface area contributed by atoms with Crippen molar-refractivity contribution in [3.63, 3.8) is 0 Å². The van der Waals surface area contributed by atoms with Crippen molar-refractivity contribution in [1.82, 2.24) is 5.32 Å². The Balaban J connectivity index is 1.89. The van der Waals surface area contributed by atoms with Gasteiger partial charge in [0, 0.05) is 25.9 Å². The van der Waals surface area contributed by atoms with Gasteiger partial charge in [-0.25, -0.2) is 4.79 Å². The topological polar surface area (TPSA) is 284 Å². The molecular weight excluding hydrogens is 622 g/mol. The highest BCUT2D eigenvalue weighted by Gasteiger charge is 2.59. The Morgan fingerprint density at radius 2 is 1.59 bits per heavy atom. The molecule has 3 saturated heterocycles.